The highest BCUT2D eigenvalue weighted by atomic mass is 19.1. The Hall–Kier alpha value is -2.67. The summed E-state index contributed by atoms with van der Waals surface area (Å²) in [5.41, 5.74) is 2.00. The van der Waals surface area contributed by atoms with Crippen molar-refractivity contribution in [3.8, 4) is 11.1 Å². The molecule has 0 spiro atoms. The third-order valence-electron chi connectivity index (χ3n) is 4.85. The van der Waals surface area contributed by atoms with E-state index in [0.717, 1.165) is 24.0 Å². The Morgan fingerprint density at radius 2 is 1.96 bits per heavy atom. The predicted molar refractivity (Wildman–Crippen MR) is 95.3 cm³/mol. The number of aromatic nitrogens is 1. The topological polar surface area (TPSA) is 85.4 Å². The van der Waals surface area contributed by atoms with Crippen LogP contribution in [0.15, 0.2) is 36.7 Å². The van der Waals surface area contributed by atoms with Crippen LogP contribution in [0.2, 0.25) is 0 Å². The summed E-state index contributed by atoms with van der Waals surface area (Å²) in [6.07, 6.45) is 4.83. The lowest BCUT2D eigenvalue weighted by molar-refractivity contribution is -0.139. The van der Waals surface area contributed by atoms with Gasteiger partial charge >= 0.3 is 5.97 Å². The monoisotopic (exact) mass is 359 g/mol. The van der Waals surface area contributed by atoms with Crippen LogP contribution in [-0.2, 0) is 4.79 Å². The van der Waals surface area contributed by atoms with Crippen LogP contribution >= 0.6 is 0 Å². The Balaban J connectivity index is 1.60. The van der Waals surface area contributed by atoms with E-state index in [1.165, 1.54) is 12.1 Å². The van der Waals surface area contributed by atoms with E-state index in [1.54, 1.807) is 24.5 Å². The lowest BCUT2D eigenvalue weighted by Crippen LogP contribution is -2.54. The summed E-state index contributed by atoms with van der Waals surface area (Å²) in [5.74, 6) is -1.34. The lowest BCUT2D eigenvalue weighted by atomic mass is 9.85. The molecule has 7 heteroatoms. The molecule has 3 N–H and O–H groups in total. The van der Waals surface area contributed by atoms with Crippen LogP contribution in [0, 0.1) is 5.82 Å². The number of nitrogens with one attached hydrogen (secondary N) is 2. The molecule has 1 aromatic heterocycles. The van der Waals surface area contributed by atoms with Crippen molar-refractivity contribution in [2.24, 2.45) is 0 Å². The van der Waals surface area contributed by atoms with Crippen molar-refractivity contribution in [3.05, 3.63) is 48.0 Å². The Morgan fingerprint density at radius 1 is 1.27 bits per heavy atom. The van der Waals surface area contributed by atoms with Crippen molar-refractivity contribution in [1.82, 2.24) is 15.2 Å². The van der Waals surface area contributed by atoms with Gasteiger partial charge in [0.15, 0.2) is 0 Å². The van der Waals surface area contributed by atoms with Crippen LogP contribution in [0.4, 0.5) is 4.39 Å². The second-order valence-corrected chi connectivity index (χ2v) is 6.54. The van der Waals surface area contributed by atoms with E-state index in [2.05, 4.69) is 10.3 Å². The summed E-state index contributed by atoms with van der Waals surface area (Å²) in [6.45, 7) is 2.63. The number of carbonyl (C=O) groups excluding carboxylic acids is 1. The average molecular weight is 359 g/mol. The van der Waals surface area contributed by atoms with Crippen molar-refractivity contribution in [1.29, 1.82) is 0 Å². The van der Waals surface area contributed by atoms with E-state index in [4.69, 9.17) is 5.11 Å². The number of benzene rings is 1. The SMILES string of the molecule is CCN(CC(=O)O)C1CC(NC(=O)c2c[nH]cc2-c2ccc(F)cc2)C1. The summed E-state index contributed by atoms with van der Waals surface area (Å²) in [5, 5.41) is 11.9. The molecule has 1 aliphatic rings. The summed E-state index contributed by atoms with van der Waals surface area (Å²) in [6, 6.07) is 6.22. The minimum absolute atomic E-state index is 0.0222. The third kappa shape index (κ3) is 3.94. The highest BCUT2D eigenvalue weighted by Gasteiger charge is 2.35. The van der Waals surface area contributed by atoms with Crippen molar-refractivity contribution in [2.75, 3.05) is 13.1 Å². The van der Waals surface area contributed by atoms with Gasteiger partial charge in [0.05, 0.1) is 12.1 Å². The molecule has 0 atom stereocenters. The number of hydrogen-bond acceptors (Lipinski definition) is 3. The van der Waals surface area contributed by atoms with Crippen molar-refractivity contribution < 1.29 is 19.1 Å². The summed E-state index contributed by atoms with van der Waals surface area (Å²) >= 11 is 0. The molecule has 0 saturated heterocycles. The number of rotatable bonds is 7. The maximum absolute atomic E-state index is 13.1. The third-order valence-corrected chi connectivity index (χ3v) is 4.85. The largest absolute Gasteiger partial charge is 0.480 e. The van der Waals surface area contributed by atoms with Gasteiger partial charge in [0.2, 0.25) is 0 Å². The number of carboxylic acids is 1. The minimum Gasteiger partial charge on any atom is -0.480 e. The lowest BCUT2D eigenvalue weighted by Gasteiger charge is -2.42. The smallest absolute Gasteiger partial charge is 0.317 e. The predicted octanol–water partition coefficient (Wildman–Crippen LogP) is 2.49. The van der Waals surface area contributed by atoms with E-state index >= 15 is 0 Å². The van der Waals surface area contributed by atoms with Crippen LogP contribution < -0.4 is 5.32 Å². The fourth-order valence-corrected chi connectivity index (χ4v) is 3.36. The van der Waals surface area contributed by atoms with Gasteiger partial charge in [-0.25, -0.2) is 4.39 Å². The van der Waals surface area contributed by atoms with E-state index < -0.39 is 5.97 Å². The first kappa shape index (κ1) is 18.1. The number of amides is 1. The molecule has 1 amide bonds. The Bertz CT molecular complexity index is 782. The molecule has 0 unspecified atom stereocenters. The maximum Gasteiger partial charge on any atom is 0.317 e. The van der Waals surface area contributed by atoms with Crippen LogP contribution in [0.25, 0.3) is 11.1 Å². The van der Waals surface area contributed by atoms with Crippen LogP contribution in [0.1, 0.15) is 30.1 Å². The molecule has 26 heavy (non-hydrogen) atoms. The summed E-state index contributed by atoms with van der Waals surface area (Å²) < 4.78 is 13.1. The van der Waals surface area contributed by atoms with E-state index in [1.807, 2.05) is 11.8 Å². The first-order chi connectivity index (χ1) is 12.5. The van der Waals surface area contributed by atoms with E-state index in [9.17, 15) is 14.0 Å². The van der Waals surface area contributed by atoms with Gasteiger partial charge in [0.1, 0.15) is 5.82 Å². The second-order valence-electron chi connectivity index (χ2n) is 6.54. The zero-order valence-electron chi connectivity index (χ0n) is 14.5. The van der Waals surface area contributed by atoms with Crippen LogP contribution in [-0.4, -0.2) is 52.0 Å². The number of hydrogen-bond donors (Lipinski definition) is 3. The second kappa shape index (κ2) is 7.70. The number of halogens is 1. The van der Waals surface area contributed by atoms with Crippen LogP contribution in [0.5, 0.6) is 0 Å². The van der Waals surface area contributed by atoms with Crippen LogP contribution in [0.3, 0.4) is 0 Å². The molecule has 2 aromatic rings. The van der Waals surface area contributed by atoms with Gasteiger partial charge in [-0.15, -0.1) is 0 Å². The fourth-order valence-electron chi connectivity index (χ4n) is 3.36. The molecule has 138 valence electrons. The zero-order valence-corrected chi connectivity index (χ0v) is 14.5. The molecule has 1 fully saturated rings. The molecule has 0 bridgehead atoms. The zero-order chi connectivity index (χ0) is 18.7. The quantitative estimate of drug-likeness (QED) is 0.709. The van der Waals surface area contributed by atoms with Gasteiger partial charge < -0.3 is 15.4 Å². The van der Waals surface area contributed by atoms with E-state index in [-0.39, 0.29) is 30.4 Å². The van der Waals surface area contributed by atoms with Crippen molar-refractivity contribution in [2.45, 2.75) is 31.8 Å². The molecule has 6 nitrogen and oxygen atoms in total. The van der Waals surface area contributed by atoms with Crippen molar-refractivity contribution in [3.63, 3.8) is 0 Å². The minimum atomic E-state index is -0.837. The maximum atomic E-state index is 13.1. The van der Waals surface area contributed by atoms with Gasteiger partial charge in [0.25, 0.3) is 5.91 Å². The average Bonchev–Trinajstić information content (AvgIpc) is 3.06. The molecule has 1 heterocycles. The molecule has 0 aliphatic heterocycles. The number of nitrogens with zero attached hydrogens (tertiary/aromatic N) is 1. The normalized spacial score (nSPS) is 19.2. The van der Waals surface area contributed by atoms with Gasteiger partial charge in [-0.3, -0.25) is 14.5 Å². The van der Waals surface area contributed by atoms with E-state index in [0.29, 0.717) is 12.1 Å². The first-order valence-electron chi connectivity index (χ1n) is 8.67. The van der Waals surface area contributed by atoms with Gasteiger partial charge in [-0.1, -0.05) is 19.1 Å². The molecule has 1 saturated carbocycles. The molecular formula is C19H22FN3O3. The number of H-pyrrole nitrogens is 1. The molecule has 1 aliphatic carbocycles. The number of aromatic amines is 1. The molecule has 3 rings (SSSR count). The first-order valence-corrected chi connectivity index (χ1v) is 8.67. The van der Waals surface area contributed by atoms with Gasteiger partial charge in [-0.2, -0.15) is 0 Å². The molecule has 1 aromatic carbocycles. The Labute approximate surface area is 151 Å². The van der Waals surface area contributed by atoms with Crippen molar-refractivity contribution >= 4 is 11.9 Å². The molecule has 0 radical (unpaired) electrons. The van der Waals surface area contributed by atoms with Gasteiger partial charge in [-0.05, 0) is 37.1 Å². The highest BCUT2D eigenvalue weighted by Crippen LogP contribution is 2.28. The number of likely N-dealkylation sites (N-methyl/N-ethyl adjacent to an activating group) is 1. The molecular weight excluding hydrogens is 337 g/mol. The number of carboxylic acid groups (broad SMARTS) is 1. The number of carbonyl (C=O) groups is 2. The van der Waals surface area contributed by atoms with Gasteiger partial charge in [0, 0.05) is 30.0 Å². The Kier molecular flexibility index (Phi) is 5.37. The highest BCUT2D eigenvalue weighted by molar-refractivity contribution is 6.01. The standard InChI is InChI=1S/C19H22FN3O3/c1-2-23(11-18(24)25)15-7-14(8-15)22-19(26)17-10-21-9-16(17)12-3-5-13(20)6-4-12/h3-6,9-10,14-15,21H,2,7-8,11H2,1H3,(H,22,26)(H,24,25). The number of aliphatic carboxylic acids is 1. The summed E-state index contributed by atoms with van der Waals surface area (Å²) in [4.78, 5) is 28.3. The Morgan fingerprint density at radius 3 is 2.58 bits per heavy atom. The summed E-state index contributed by atoms with van der Waals surface area (Å²) in [7, 11) is 0. The fraction of sp³-hybridized carbons (Fsp3) is 0.368.